The van der Waals surface area contributed by atoms with E-state index in [0.717, 1.165) is 50.6 Å². The molecular weight excluding hydrogens is 502 g/mol. The van der Waals surface area contributed by atoms with Crippen LogP contribution < -0.4 is 11.1 Å². The predicted octanol–water partition coefficient (Wildman–Crippen LogP) is 7.90. The second kappa shape index (κ2) is 10.9. The summed E-state index contributed by atoms with van der Waals surface area (Å²) < 4.78 is 4.22. The summed E-state index contributed by atoms with van der Waals surface area (Å²) in [6.07, 6.45) is 7.82. The van der Waals surface area contributed by atoms with E-state index in [4.69, 9.17) is 17.3 Å². The van der Waals surface area contributed by atoms with Crippen molar-refractivity contribution in [1.29, 1.82) is 0 Å². The third-order valence-electron chi connectivity index (χ3n) is 6.91. The Morgan fingerprint density at radius 2 is 1.56 bits per heavy atom. The van der Waals surface area contributed by atoms with Gasteiger partial charge in [-0.3, -0.25) is 0 Å². The molecule has 6 rings (SSSR count). The molecule has 0 aliphatic carbocycles. The highest BCUT2D eigenvalue weighted by atomic mass is 35.5. The van der Waals surface area contributed by atoms with Gasteiger partial charge in [0.15, 0.2) is 0 Å². The van der Waals surface area contributed by atoms with Crippen molar-refractivity contribution >= 4 is 23.0 Å². The van der Waals surface area contributed by atoms with Crippen molar-refractivity contribution in [2.45, 2.75) is 13.1 Å². The first-order valence-electron chi connectivity index (χ1n) is 12.8. The summed E-state index contributed by atoms with van der Waals surface area (Å²) >= 11 is 6.68. The van der Waals surface area contributed by atoms with Gasteiger partial charge in [-0.15, -0.1) is 0 Å². The predicted molar refractivity (Wildman–Crippen MR) is 161 cm³/mol. The van der Waals surface area contributed by atoms with Crippen LogP contribution in [0.2, 0.25) is 5.02 Å². The summed E-state index contributed by atoms with van der Waals surface area (Å²) in [5, 5.41) is 4.26. The molecule has 6 aromatic rings. The van der Waals surface area contributed by atoms with Crippen LogP contribution in [0.25, 0.3) is 27.9 Å². The molecule has 0 atom stereocenters. The van der Waals surface area contributed by atoms with Gasteiger partial charge in [0.25, 0.3) is 0 Å². The molecule has 0 saturated heterocycles. The SMILES string of the molecule is Nc1cc(-c2ccccc2)ccc1Cn1cncc1CNc1ccc(Cl)c(-c2ccccc2-n2cccc2)c1. The summed E-state index contributed by atoms with van der Waals surface area (Å²) in [6.45, 7) is 1.26. The third kappa shape index (κ3) is 5.31. The van der Waals surface area contributed by atoms with Gasteiger partial charge < -0.3 is 20.2 Å². The van der Waals surface area contributed by atoms with Crippen molar-refractivity contribution < 1.29 is 0 Å². The van der Waals surface area contributed by atoms with Crippen LogP contribution in [0.1, 0.15) is 11.3 Å². The average molecular weight is 530 g/mol. The normalized spacial score (nSPS) is 11.0. The Labute approximate surface area is 233 Å². The quantitative estimate of drug-likeness (QED) is 0.197. The standard InChI is InChI=1S/C33H28ClN5/c34-31-15-14-27(19-30(31)29-10-4-5-11-33(29)38-16-6-7-17-38)37-21-28-20-36-23-39(28)22-26-13-12-25(18-32(26)35)24-8-2-1-3-9-24/h1-20,23,37H,21-22,35H2. The smallest absolute Gasteiger partial charge is 0.0951 e. The lowest BCUT2D eigenvalue weighted by Gasteiger charge is -2.15. The van der Waals surface area contributed by atoms with Crippen LogP contribution in [0, 0.1) is 0 Å². The summed E-state index contributed by atoms with van der Waals surface area (Å²) in [4.78, 5) is 4.40. The fraction of sp³-hybridized carbons (Fsp3) is 0.0606. The molecule has 5 nitrogen and oxygen atoms in total. The van der Waals surface area contributed by atoms with Crippen molar-refractivity contribution in [3.63, 3.8) is 0 Å². The fourth-order valence-corrected chi connectivity index (χ4v) is 5.05. The van der Waals surface area contributed by atoms with Gasteiger partial charge in [0, 0.05) is 46.1 Å². The van der Waals surface area contributed by atoms with E-state index in [0.29, 0.717) is 18.1 Å². The zero-order valence-corrected chi connectivity index (χ0v) is 22.1. The number of nitrogens with zero attached hydrogens (tertiary/aromatic N) is 3. The number of aromatic nitrogens is 3. The van der Waals surface area contributed by atoms with E-state index in [2.05, 4.69) is 61.9 Å². The van der Waals surface area contributed by atoms with Gasteiger partial charge in [-0.25, -0.2) is 4.98 Å². The summed E-state index contributed by atoms with van der Waals surface area (Å²) in [6, 6.07) is 34.9. The number of benzene rings is 4. The van der Waals surface area contributed by atoms with Crippen LogP contribution >= 0.6 is 11.6 Å². The maximum absolute atomic E-state index is 6.68. The highest BCUT2D eigenvalue weighted by molar-refractivity contribution is 6.33. The number of nitrogen functional groups attached to an aromatic ring is 1. The van der Waals surface area contributed by atoms with Crippen LogP contribution in [0.5, 0.6) is 0 Å². The van der Waals surface area contributed by atoms with Gasteiger partial charge in [0.05, 0.1) is 30.8 Å². The first-order chi connectivity index (χ1) is 19.2. The van der Waals surface area contributed by atoms with Crippen LogP contribution in [0.15, 0.2) is 128 Å². The summed E-state index contributed by atoms with van der Waals surface area (Å²) in [7, 11) is 0. The van der Waals surface area contributed by atoms with Gasteiger partial charge in [0.2, 0.25) is 0 Å². The lowest BCUT2D eigenvalue weighted by atomic mass is 10.0. The van der Waals surface area contributed by atoms with Gasteiger partial charge in [-0.2, -0.15) is 0 Å². The number of hydrogen-bond acceptors (Lipinski definition) is 3. The Bertz CT molecular complexity index is 1700. The molecule has 0 aliphatic rings. The minimum Gasteiger partial charge on any atom is -0.398 e. The van der Waals surface area contributed by atoms with Gasteiger partial charge in [-0.05, 0) is 59.2 Å². The Morgan fingerprint density at radius 3 is 2.38 bits per heavy atom. The molecule has 0 unspecified atom stereocenters. The van der Waals surface area contributed by atoms with Crippen molar-refractivity contribution in [2.75, 3.05) is 11.1 Å². The second-order valence-corrected chi connectivity index (χ2v) is 9.86. The Kier molecular flexibility index (Phi) is 6.89. The van der Waals surface area contributed by atoms with Gasteiger partial charge >= 0.3 is 0 Å². The Balaban J connectivity index is 1.20. The number of halogens is 1. The van der Waals surface area contributed by atoms with E-state index in [1.807, 2.05) is 85.6 Å². The molecule has 0 saturated carbocycles. The lowest BCUT2D eigenvalue weighted by Crippen LogP contribution is -2.09. The number of hydrogen-bond donors (Lipinski definition) is 2. The van der Waals surface area contributed by atoms with E-state index < -0.39 is 0 Å². The third-order valence-corrected chi connectivity index (χ3v) is 7.24. The molecule has 3 N–H and O–H groups in total. The molecule has 2 aromatic heterocycles. The molecule has 0 aliphatic heterocycles. The number of rotatable bonds is 8. The molecule has 0 spiro atoms. The number of imidazole rings is 1. The molecule has 192 valence electrons. The maximum Gasteiger partial charge on any atom is 0.0951 e. The van der Waals surface area contributed by atoms with E-state index >= 15 is 0 Å². The first kappa shape index (κ1) is 24.6. The van der Waals surface area contributed by atoms with E-state index in [-0.39, 0.29) is 0 Å². The van der Waals surface area contributed by atoms with Crippen LogP contribution in [-0.2, 0) is 13.1 Å². The minimum atomic E-state index is 0.613. The molecular formula is C33H28ClN5. The zero-order valence-electron chi connectivity index (χ0n) is 21.3. The number of nitrogens with one attached hydrogen (secondary N) is 1. The van der Waals surface area contributed by atoms with Gasteiger partial charge in [0.1, 0.15) is 0 Å². The molecule has 4 aromatic carbocycles. The second-order valence-electron chi connectivity index (χ2n) is 9.45. The highest BCUT2D eigenvalue weighted by Crippen LogP contribution is 2.34. The number of nitrogens with two attached hydrogens (primary N) is 1. The van der Waals surface area contributed by atoms with Crippen molar-refractivity contribution in [3.05, 3.63) is 144 Å². The molecule has 6 heteroatoms. The Morgan fingerprint density at radius 1 is 0.769 bits per heavy atom. The number of anilines is 2. The van der Waals surface area contributed by atoms with Crippen molar-refractivity contribution in [3.8, 4) is 27.9 Å². The fourth-order valence-electron chi connectivity index (χ4n) is 4.83. The van der Waals surface area contributed by atoms with E-state index in [1.165, 1.54) is 0 Å². The largest absolute Gasteiger partial charge is 0.398 e. The lowest BCUT2D eigenvalue weighted by molar-refractivity contribution is 0.751. The average Bonchev–Trinajstić information content (AvgIpc) is 3.67. The monoisotopic (exact) mass is 529 g/mol. The van der Waals surface area contributed by atoms with Crippen molar-refractivity contribution in [1.82, 2.24) is 14.1 Å². The summed E-state index contributed by atoms with van der Waals surface area (Å²) in [5.41, 5.74) is 15.7. The highest BCUT2D eigenvalue weighted by Gasteiger charge is 2.12. The Hall–Kier alpha value is -4.74. The molecule has 39 heavy (non-hydrogen) atoms. The van der Waals surface area contributed by atoms with Gasteiger partial charge in [-0.1, -0.05) is 72.3 Å². The van der Waals surface area contributed by atoms with E-state index in [9.17, 15) is 0 Å². The molecule has 0 fully saturated rings. The van der Waals surface area contributed by atoms with Crippen LogP contribution in [0.4, 0.5) is 11.4 Å². The summed E-state index contributed by atoms with van der Waals surface area (Å²) in [5.74, 6) is 0. The topological polar surface area (TPSA) is 60.8 Å². The maximum atomic E-state index is 6.68. The zero-order chi connectivity index (χ0) is 26.6. The van der Waals surface area contributed by atoms with E-state index in [1.54, 1.807) is 0 Å². The number of para-hydroxylation sites is 1. The van der Waals surface area contributed by atoms with Crippen LogP contribution in [-0.4, -0.2) is 14.1 Å². The molecule has 2 heterocycles. The first-order valence-corrected chi connectivity index (χ1v) is 13.2. The van der Waals surface area contributed by atoms with Crippen LogP contribution in [0.3, 0.4) is 0 Å². The molecule has 0 amide bonds. The van der Waals surface area contributed by atoms with Crippen molar-refractivity contribution in [2.24, 2.45) is 0 Å². The molecule has 0 bridgehead atoms. The molecule has 0 radical (unpaired) electrons. The minimum absolute atomic E-state index is 0.613.